The largest absolute Gasteiger partial charge is 0.494 e. The number of esters is 1. The Hall–Kier alpha value is -3.09. The van der Waals surface area contributed by atoms with Crippen LogP contribution in [0.1, 0.15) is 18.9 Å². The van der Waals surface area contributed by atoms with Gasteiger partial charge in [-0.25, -0.2) is 4.98 Å². The third kappa shape index (κ3) is 5.94. The molecule has 3 rings (SSSR count). The van der Waals surface area contributed by atoms with Gasteiger partial charge in [-0.15, -0.1) is 0 Å². The monoisotopic (exact) mass is 397 g/mol. The van der Waals surface area contributed by atoms with Gasteiger partial charge in [-0.3, -0.25) is 9.59 Å². The molecule has 1 amide bonds. The Morgan fingerprint density at radius 2 is 1.79 bits per heavy atom. The van der Waals surface area contributed by atoms with E-state index in [0.29, 0.717) is 39.2 Å². The Bertz CT molecular complexity index is 805. The molecule has 154 valence electrons. The van der Waals surface area contributed by atoms with Gasteiger partial charge >= 0.3 is 5.97 Å². The van der Waals surface area contributed by atoms with Crippen molar-refractivity contribution >= 4 is 17.7 Å². The summed E-state index contributed by atoms with van der Waals surface area (Å²) >= 11 is 0. The Balaban J connectivity index is 1.39. The van der Waals surface area contributed by atoms with Crippen LogP contribution in [0.5, 0.6) is 5.75 Å². The van der Waals surface area contributed by atoms with Crippen LogP contribution < -0.4 is 9.64 Å². The number of pyridine rings is 1. The van der Waals surface area contributed by atoms with Crippen LogP contribution in [0.4, 0.5) is 5.82 Å². The van der Waals surface area contributed by atoms with Gasteiger partial charge in [0.15, 0.2) is 6.61 Å². The van der Waals surface area contributed by atoms with E-state index in [9.17, 15) is 9.59 Å². The zero-order chi connectivity index (χ0) is 20.5. The number of ether oxygens (including phenoxy) is 2. The number of hydrogen-bond donors (Lipinski definition) is 0. The predicted octanol–water partition coefficient (Wildman–Crippen LogP) is 2.30. The molecule has 2 aromatic rings. The van der Waals surface area contributed by atoms with E-state index < -0.39 is 0 Å². The van der Waals surface area contributed by atoms with Gasteiger partial charge in [0.2, 0.25) is 0 Å². The van der Waals surface area contributed by atoms with Crippen LogP contribution in [0, 0.1) is 0 Å². The van der Waals surface area contributed by atoms with Gasteiger partial charge in [0.1, 0.15) is 11.6 Å². The van der Waals surface area contributed by atoms with E-state index in [-0.39, 0.29) is 24.9 Å². The number of benzene rings is 1. The molecule has 1 aliphatic rings. The van der Waals surface area contributed by atoms with Crippen molar-refractivity contribution in [1.82, 2.24) is 9.88 Å². The maximum atomic E-state index is 12.4. The topological polar surface area (TPSA) is 72.0 Å². The lowest BCUT2D eigenvalue weighted by Gasteiger charge is -2.35. The molecule has 0 radical (unpaired) electrons. The Morgan fingerprint density at radius 3 is 2.52 bits per heavy atom. The van der Waals surface area contributed by atoms with E-state index in [4.69, 9.17) is 9.47 Å². The van der Waals surface area contributed by atoms with Gasteiger partial charge in [-0.1, -0.05) is 24.3 Å². The number of rotatable bonds is 8. The third-order valence-corrected chi connectivity index (χ3v) is 4.83. The van der Waals surface area contributed by atoms with Gasteiger partial charge < -0.3 is 19.3 Å². The van der Waals surface area contributed by atoms with Gasteiger partial charge in [0, 0.05) is 38.8 Å². The van der Waals surface area contributed by atoms with E-state index in [1.165, 1.54) is 0 Å². The van der Waals surface area contributed by atoms with E-state index in [2.05, 4.69) is 9.88 Å². The average molecular weight is 397 g/mol. The molecule has 7 heteroatoms. The van der Waals surface area contributed by atoms with Crippen molar-refractivity contribution in [2.75, 3.05) is 44.3 Å². The highest BCUT2D eigenvalue weighted by atomic mass is 16.5. The first-order valence-electron chi connectivity index (χ1n) is 9.97. The first kappa shape index (κ1) is 20.6. The van der Waals surface area contributed by atoms with Gasteiger partial charge in [-0.2, -0.15) is 0 Å². The summed E-state index contributed by atoms with van der Waals surface area (Å²) < 4.78 is 10.8. The Kier molecular flexibility index (Phi) is 7.44. The molecule has 0 aliphatic carbocycles. The van der Waals surface area contributed by atoms with Crippen molar-refractivity contribution in [3.8, 4) is 5.75 Å². The van der Waals surface area contributed by atoms with Crippen LogP contribution in [0.15, 0.2) is 48.7 Å². The van der Waals surface area contributed by atoms with Crippen LogP contribution in [0.3, 0.4) is 0 Å². The second kappa shape index (κ2) is 10.5. The summed E-state index contributed by atoms with van der Waals surface area (Å²) in [6.45, 7) is 4.89. The number of carbonyl (C=O) groups is 2. The number of nitrogens with zero attached hydrogens (tertiary/aromatic N) is 3. The molecule has 1 saturated heterocycles. The molecule has 1 aromatic heterocycles. The fourth-order valence-corrected chi connectivity index (χ4v) is 3.27. The van der Waals surface area contributed by atoms with Gasteiger partial charge in [-0.05, 0) is 37.1 Å². The fraction of sp³-hybridized carbons (Fsp3) is 0.409. The lowest BCUT2D eigenvalue weighted by Crippen LogP contribution is -2.50. The van der Waals surface area contributed by atoms with Crippen molar-refractivity contribution in [1.29, 1.82) is 0 Å². The summed E-state index contributed by atoms with van der Waals surface area (Å²) in [5.41, 5.74) is 0.961. The maximum Gasteiger partial charge on any atom is 0.306 e. The first-order valence-corrected chi connectivity index (χ1v) is 9.97. The first-order chi connectivity index (χ1) is 14.2. The lowest BCUT2D eigenvalue weighted by molar-refractivity contribution is -0.152. The number of para-hydroxylation sites is 1. The van der Waals surface area contributed by atoms with Crippen LogP contribution in [0.25, 0.3) is 0 Å². The zero-order valence-electron chi connectivity index (χ0n) is 16.8. The Morgan fingerprint density at radius 1 is 1.03 bits per heavy atom. The van der Waals surface area contributed by atoms with Gasteiger partial charge in [0.25, 0.3) is 5.91 Å². The number of hydrogen-bond acceptors (Lipinski definition) is 6. The van der Waals surface area contributed by atoms with Crippen LogP contribution in [0.2, 0.25) is 0 Å². The highest BCUT2D eigenvalue weighted by molar-refractivity contribution is 5.81. The molecule has 0 bridgehead atoms. The second-order valence-electron chi connectivity index (χ2n) is 6.76. The highest BCUT2D eigenvalue weighted by Gasteiger charge is 2.22. The SMILES string of the molecule is CCOc1ccccc1CCC(=O)OCC(=O)N1CCN(c2ccccn2)CC1. The highest BCUT2D eigenvalue weighted by Crippen LogP contribution is 2.19. The molecule has 0 spiro atoms. The summed E-state index contributed by atoms with van der Waals surface area (Å²) in [5.74, 6) is 1.16. The van der Waals surface area contributed by atoms with E-state index in [0.717, 1.165) is 17.1 Å². The van der Waals surface area contributed by atoms with Crippen molar-refractivity contribution in [2.24, 2.45) is 0 Å². The molecule has 29 heavy (non-hydrogen) atoms. The van der Waals surface area contributed by atoms with Crippen molar-refractivity contribution in [3.05, 3.63) is 54.2 Å². The third-order valence-electron chi connectivity index (χ3n) is 4.83. The molecule has 1 fully saturated rings. The Labute approximate surface area is 171 Å². The normalized spacial score (nSPS) is 13.8. The molecule has 0 N–H and O–H groups in total. The fourth-order valence-electron chi connectivity index (χ4n) is 3.27. The van der Waals surface area contributed by atoms with Gasteiger partial charge in [0.05, 0.1) is 6.61 Å². The molecule has 0 atom stereocenters. The van der Waals surface area contributed by atoms with E-state index in [1.807, 2.05) is 49.4 Å². The minimum atomic E-state index is -0.378. The number of aromatic nitrogens is 1. The van der Waals surface area contributed by atoms with Crippen LogP contribution in [-0.2, 0) is 20.7 Å². The van der Waals surface area contributed by atoms with E-state index in [1.54, 1.807) is 11.1 Å². The second-order valence-corrected chi connectivity index (χ2v) is 6.76. The molecule has 7 nitrogen and oxygen atoms in total. The number of aryl methyl sites for hydroxylation is 1. The van der Waals surface area contributed by atoms with Crippen LogP contribution >= 0.6 is 0 Å². The quantitative estimate of drug-likeness (QED) is 0.637. The molecule has 2 heterocycles. The standard InChI is InChI=1S/C22H27N3O4/c1-2-28-19-8-4-3-7-18(19)10-11-22(27)29-17-21(26)25-15-13-24(14-16-25)20-9-5-6-12-23-20/h3-9,12H,2,10-11,13-17H2,1H3. The minimum Gasteiger partial charge on any atom is -0.494 e. The molecular formula is C22H27N3O4. The van der Waals surface area contributed by atoms with Crippen molar-refractivity contribution < 1.29 is 19.1 Å². The molecule has 1 aromatic carbocycles. The average Bonchev–Trinajstić information content (AvgIpc) is 2.78. The predicted molar refractivity (Wildman–Crippen MR) is 110 cm³/mol. The summed E-state index contributed by atoms with van der Waals surface area (Å²) in [7, 11) is 0. The molecular weight excluding hydrogens is 370 g/mol. The summed E-state index contributed by atoms with van der Waals surface area (Å²) in [6.07, 6.45) is 2.50. The number of carbonyl (C=O) groups excluding carboxylic acids is 2. The van der Waals surface area contributed by atoms with Crippen molar-refractivity contribution in [2.45, 2.75) is 19.8 Å². The lowest BCUT2D eigenvalue weighted by atomic mass is 10.1. The molecule has 0 unspecified atom stereocenters. The summed E-state index contributed by atoms with van der Waals surface area (Å²) in [4.78, 5) is 32.6. The maximum absolute atomic E-state index is 12.4. The number of piperazine rings is 1. The summed E-state index contributed by atoms with van der Waals surface area (Å²) in [6, 6.07) is 13.4. The minimum absolute atomic E-state index is 0.159. The smallest absolute Gasteiger partial charge is 0.306 e. The summed E-state index contributed by atoms with van der Waals surface area (Å²) in [5, 5.41) is 0. The van der Waals surface area contributed by atoms with Crippen molar-refractivity contribution in [3.63, 3.8) is 0 Å². The number of amides is 1. The molecule has 0 saturated carbocycles. The molecule has 1 aliphatic heterocycles. The van der Waals surface area contributed by atoms with Crippen LogP contribution in [-0.4, -0.2) is 61.2 Å². The number of anilines is 1. The van der Waals surface area contributed by atoms with E-state index >= 15 is 0 Å². The zero-order valence-corrected chi connectivity index (χ0v) is 16.8.